The average Bonchev–Trinajstić information content (AvgIpc) is 2.38. The van der Waals surface area contributed by atoms with E-state index in [2.05, 4.69) is 18.9 Å². The molecule has 0 radical (unpaired) electrons. The molecule has 0 spiro atoms. The van der Waals surface area contributed by atoms with Gasteiger partial charge in [-0.3, -0.25) is 0 Å². The Kier molecular flexibility index (Phi) is 6.27. The third-order valence-corrected chi connectivity index (χ3v) is 3.71. The van der Waals surface area contributed by atoms with Crippen molar-refractivity contribution >= 4 is 6.09 Å². The van der Waals surface area contributed by atoms with Crippen molar-refractivity contribution < 1.29 is 14.4 Å². The van der Waals surface area contributed by atoms with Gasteiger partial charge >= 0.3 is 6.09 Å². The Morgan fingerprint density at radius 2 is 1.90 bits per heavy atom. The molecule has 118 valence electrons. The van der Waals surface area contributed by atoms with E-state index in [0.717, 1.165) is 32.4 Å². The van der Waals surface area contributed by atoms with Gasteiger partial charge in [-0.1, -0.05) is 6.92 Å². The lowest BCUT2D eigenvalue weighted by atomic mass is 10.0. The van der Waals surface area contributed by atoms with E-state index in [1.54, 1.807) is 12.0 Å². The fraction of sp³-hybridized carbons (Fsp3) is 0.933. The topological polar surface area (TPSA) is 42.0 Å². The van der Waals surface area contributed by atoms with E-state index in [1.807, 2.05) is 20.8 Å². The first-order chi connectivity index (χ1) is 9.28. The highest BCUT2D eigenvalue weighted by atomic mass is 16.7. The number of ether oxygens (including phenoxy) is 1. The molecule has 5 nitrogen and oxygen atoms in total. The first-order valence-electron chi connectivity index (χ1n) is 7.58. The van der Waals surface area contributed by atoms with Crippen LogP contribution in [0.25, 0.3) is 0 Å². The molecule has 1 unspecified atom stereocenters. The molecule has 1 heterocycles. The minimum Gasteiger partial charge on any atom is -0.444 e. The number of nitrogens with zero attached hydrogens (tertiary/aromatic N) is 2. The predicted octanol–water partition coefficient (Wildman–Crippen LogP) is 3.05. The summed E-state index contributed by atoms with van der Waals surface area (Å²) < 4.78 is 5.41. The highest BCUT2D eigenvalue weighted by molar-refractivity contribution is 5.68. The summed E-state index contributed by atoms with van der Waals surface area (Å²) in [4.78, 5) is 19.3. The van der Waals surface area contributed by atoms with Gasteiger partial charge in [0.1, 0.15) is 5.60 Å². The second-order valence-corrected chi connectivity index (χ2v) is 6.50. The van der Waals surface area contributed by atoms with Crippen LogP contribution in [0, 0.1) is 0 Å². The highest BCUT2D eigenvalue weighted by Crippen LogP contribution is 2.21. The van der Waals surface area contributed by atoms with Gasteiger partial charge < -0.3 is 14.5 Å². The van der Waals surface area contributed by atoms with Crippen LogP contribution in [-0.2, 0) is 9.57 Å². The van der Waals surface area contributed by atoms with Crippen molar-refractivity contribution in [3.05, 3.63) is 0 Å². The van der Waals surface area contributed by atoms with Crippen molar-refractivity contribution in [3.63, 3.8) is 0 Å². The van der Waals surface area contributed by atoms with Crippen molar-refractivity contribution in [2.75, 3.05) is 20.2 Å². The van der Waals surface area contributed by atoms with Crippen LogP contribution in [0.2, 0.25) is 0 Å². The average molecular weight is 286 g/mol. The van der Waals surface area contributed by atoms with Gasteiger partial charge in [-0.05, 0) is 47.0 Å². The standard InChI is InChI=1S/C15H30N2O3/c1-7-12(2)17(19-6)13-8-10-16(11-9-13)14(18)20-15(3,4)5/h12-13H,7-11H2,1-6H3. The van der Waals surface area contributed by atoms with Crippen LogP contribution in [0.4, 0.5) is 4.79 Å². The minimum atomic E-state index is -0.427. The quantitative estimate of drug-likeness (QED) is 0.745. The third-order valence-electron chi connectivity index (χ3n) is 3.71. The van der Waals surface area contributed by atoms with Gasteiger partial charge in [0, 0.05) is 25.2 Å². The monoisotopic (exact) mass is 286 g/mol. The SMILES string of the molecule is CCC(C)N(OC)C1CCN(C(=O)OC(C)(C)C)CC1. The Balaban J connectivity index is 2.48. The van der Waals surface area contributed by atoms with Gasteiger partial charge in [0.05, 0.1) is 7.11 Å². The van der Waals surface area contributed by atoms with Gasteiger partial charge in [0.15, 0.2) is 0 Å². The van der Waals surface area contributed by atoms with E-state index >= 15 is 0 Å². The molecule has 0 N–H and O–H groups in total. The summed E-state index contributed by atoms with van der Waals surface area (Å²) in [6.07, 6.45) is 2.71. The van der Waals surface area contributed by atoms with Crippen LogP contribution >= 0.6 is 0 Å². The number of rotatable bonds is 4. The van der Waals surface area contributed by atoms with Gasteiger partial charge in [0.25, 0.3) is 0 Å². The maximum absolute atomic E-state index is 12.0. The summed E-state index contributed by atoms with van der Waals surface area (Å²) in [5, 5.41) is 2.08. The molecule has 0 aliphatic carbocycles. The lowest BCUT2D eigenvalue weighted by Crippen LogP contribution is -2.49. The zero-order valence-corrected chi connectivity index (χ0v) is 13.8. The number of hydrogen-bond acceptors (Lipinski definition) is 4. The van der Waals surface area contributed by atoms with Gasteiger partial charge in [-0.2, -0.15) is 5.06 Å². The van der Waals surface area contributed by atoms with Gasteiger partial charge in [-0.25, -0.2) is 4.79 Å². The van der Waals surface area contributed by atoms with Crippen molar-refractivity contribution in [2.24, 2.45) is 0 Å². The molecule has 1 atom stereocenters. The van der Waals surface area contributed by atoms with Crippen molar-refractivity contribution in [1.29, 1.82) is 0 Å². The first kappa shape index (κ1) is 17.2. The Labute approximate surface area is 123 Å². The van der Waals surface area contributed by atoms with E-state index in [0.29, 0.717) is 12.1 Å². The Morgan fingerprint density at radius 1 is 1.35 bits per heavy atom. The second-order valence-electron chi connectivity index (χ2n) is 6.50. The van der Waals surface area contributed by atoms with Crippen molar-refractivity contribution in [3.8, 4) is 0 Å². The molecular weight excluding hydrogens is 256 g/mol. The van der Waals surface area contributed by atoms with Crippen LogP contribution in [0.15, 0.2) is 0 Å². The van der Waals surface area contributed by atoms with Crippen LogP contribution in [0.3, 0.4) is 0 Å². The lowest BCUT2D eigenvalue weighted by Gasteiger charge is -2.39. The van der Waals surface area contributed by atoms with E-state index in [1.165, 1.54) is 0 Å². The molecule has 0 saturated carbocycles. The van der Waals surface area contributed by atoms with E-state index in [4.69, 9.17) is 9.57 Å². The summed E-state index contributed by atoms with van der Waals surface area (Å²) in [5.74, 6) is 0. The summed E-state index contributed by atoms with van der Waals surface area (Å²) in [6.45, 7) is 11.5. The maximum Gasteiger partial charge on any atom is 0.410 e. The van der Waals surface area contributed by atoms with Crippen LogP contribution in [0.1, 0.15) is 53.9 Å². The number of likely N-dealkylation sites (tertiary alicyclic amines) is 1. The van der Waals surface area contributed by atoms with E-state index in [9.17, 15) is 4.79 Å². The number of hydroxylamine groups is 2. The fourth-order valence-electron chi connectivity index (χ4n) is 2.50. The summed E-state index contributed by atoms with van der Waals surface area (Å²) in [5.41, 5.74) is -0.427. The molecule has 1 saturated heterocycles. The molecule has 0 aromatic carbocycles. The maximum atomic E-state index is 12.0. The first-order valence-corrected chi connectivity index (χ1v) is 7.58. The summed E-state index contributed by atoms with van der Waals surface area (Å²) in [7, 11) is 1.73. The van der Waals surface area contributed by atoms with Crippen LogP contribution in [0.5, 0.6) is 0 Å². The van der Waals surface area contributed by atoms with Crippen molar-refractivity contribution in [2.45, 2.75) is 71.6 Å². The molecule has 1 rings (SSSR count). The molecule has 1 aliphatic heterocycles. The van der Waals surface area contributed by atoms with Crippen LogP contribution < -0.4 is 0 Å². The summed E-state index contributed by atoms with van der Waals surface area (Å²) in [6, 6.07) is 0.784. The van der Waals surface area contributed by atoms with Gasteiger partial charge in [0.2, 0.25) is 0 Å². The van der Waals surface area contributed by atoms with E-state index < -0.39 is 5.60 Å². The number of amides is 1. The number of piperidine rings is 1. The molecule has 1 aliphatic rings. The zero-order chi connectivity index (χ0) is 15.3. The molecule has 0 aromatic heterocycles. The lowest BCUT2D eigenvalue weighted by molar-refractivity contribution is -0.195. The third kappa shape index (κ3) is 4.94. The second kappa shape index (κ2) is 7.27. The molecule has 20 heavy (non-hydrogen) atoms. The van der Waals surface area contributed by atoms with Crippen LogP contribution in [-0.4, -0.2) is 53.9 Å². The Morgan fingerprint density at radius 3 is 2.30 bits per heavy atom. The van der Waals surface area contributed by atoms with Crippen molar-refractivity contribution in [1.82, 2.24) is 9.96 Å². The molecular formula is C15H30N2O3. The number of carbonyl (C=O) groups is 1. The molecule has 1 amide bonds. The Hall–Kier alpha value is -0.810. The predicted molar refractivity (Wildman–Crippen MR) is 79.4 cm³/mol. The summed E-state index contributed by atoms with van der Waals surface area (Å²) >= 11 is 0. The highest BCUT2D eigenvalue weighted by Gasteiger charge is 2.31. The molecule has 0 aromatic rings. The zero-order valence-electron chi connectivity index (χ0n) is 13.8. The van der Waals surface area contributed by atoms with Gasteiger partial charge in [-0.15, -0.1) is 0 Å². The minimum absolute atomic E-state index is 0.205. The number of hydrogen-bond donors (Lipinski definition) is 0. The molecule has 1 fully saturated rings. The molecule has 0 bridgehead atoms. The molecule has 5 heteroatoms. The fourth-order valence-corrected chi connectivity index (χ4v) is 2.50. The number of carbonyl (C=O) groups excluding carboxylic acids is 1. The van der Waals surface area contributed by atoms with E-state index in [-0.39, 0.29) is 6.09 Å². The largest absolute Gasteiger partial charge is 0.444 e. The Bertz CT molecular complexity index is 307. The smallest absolute Gasteiger partial charge is 0.410 e. The normalized spacial score (nSPS) is 19.2.